The lowest BCUT2D eigenvalue weighted by Gasteiger charge is -2.09. The number of carbonyl (C=O) groups is 1. The first kappa shape index (κ1) is 14.5. The molecule has 0 aliphatic heterocycles. The Morgan fingerprint density at radius 1 is 1.25 bits per heavy atom. The topological polar surface area (TPSA) is 68.9 Å². The van der Waals surface area contributed by atoms with Crippen LogP contribution in [0.5, 0.6) is 0 Å². The molecule has 2 rings (SSSR count). The third-order valence-electron chi connectivity index (χ3n) is 3.16. The first-order chi connectivity index (χ1) is 9.56. The summed E-state index contributed by atoms with van der Waals surface area (Å²) >= 11 is 5.82. The van der Waals surface area contributed by atoms with Gasteiger partial charge < -0.3 is 5.73 Å². The van der Waals surface area contributed by atoms with Crippen molar-refractivity contribution in [1.29, 1.82) is 0 Å². The molecule has 104 valence electrons. The summed E-state index contributed by atoms with van der Waals surface area (Å²) in [6, 6.07) is 7.81. The number of nitrogens with zero attached hydrogens (tertiary/aromatic N) is 2. The quantitative estimate of drug-likeness (QED) is 0.858. The molecule has 0 aliphatic carbocycles. The number of aryl methyl sites for hydroxylation is 3. The van der Waals surface area contributed by atoms with Crippen molar-refractivity contribution in [3.63, 3.8) is 0 Å². The van der Waals surface area contributed by atoms with Crippen LogP contribution in [-0.2, 0) is 24.1 Å². The summed E-state index contributed by atoms with van der Waals surface area (Å²) in [6.45, 7) is 1.96. The number of aromatic nitrogens is 2. The van der Waals surface area contributed by atoms with E-state index >= 15 is 0 Å². The highest BCUT2D eigenvalue weighted by molar-refractivity contribution is 6.28. The Morgan fingerprint density at radius 2 is 1.95 bits per heavy atom. The Balaban J connectivity index is 2.14. The van der Waals surface area contributed by atoms with E-state index in [1.165, 1.54) is 0 Å². The lowest BCUT2D eigenvalue weighted by atomic mass is 9.98. The zero-order valence-electron chi connectivity index (χ0n) is 11.3. The fourth-order valence-electron chi connectivity index (χ4n) is 2.12. The van der Waals surface area contributed by atoms with Gasteiger partial charge in [0.05, 0.1) is 6.42 Å². The maximum atomic E-state index is 11.1. The molecule has 1 amide bonds. The molecule has 4 nitrogen and oxygen atoms in total. The first-order valence-corrected chi connectivity index (χ1v) is 6.77. The maximum absolute atomic E-state index is 11.1. The van der Waals surface area contributed by atoms with Crippen LogP contribution in [0.3, 0.4) is 0 Å². The van der Waals surface area contributed by atoms with Gasteiger partial charge in [-0.2, -0.15) is 0 Å². The Morgan fingerprint density at radius 3 is 2.65 bits per heavy atom. The molecule has 0 saturated heterocycles. The van der Waals surface area contributed by atoms with Gasteiger partial charge in [-0.05, 0) is 48.1 Å². The third-order valence-corrected chi connectivity index (χ3v) is 3.34. The van der Waals surface area contributed by atoms with E-state index in [0.29, 0.717) is 0 Å². The highest BCUT2D eigenvalue weighted by Crippen LogP contribution is 2.15. The van der Waals surface area contributed by atoms with Crippen molar-refractivity contribution in [3.8, 4) is 0 Å². The lowest BCUT2D eigenvalue weighted by molar-refractivity contribution is -0.117. The summed E-state index contributed by atoms with van der Waals surface area (Å²) in [4.78, 5) is 19.3. The van der Waals surface area contributed by atoms with Crippen molar-refractivity contribution in [2.75, 3.05) is 0 Å². The van der Waals surface area contributed by atoms with E-state index < -0.39 is 0 Å². The molecule has 0 unspecified atom stereocenters. The van der Waals surface area contributed by atoms with E-state index in [2.05, 4.69) is 9.97 Å². The Hall–Kier alpha value is -1.94. The van der Waals surface area contributed by atoms with Gasteiger partial charge in [0.25, 0.3) is 0 Å². The average Bonchev–Trinajstić information content (AvgIpc) is 2.41. The number of rotatable bonds is 5. The molecule has 0 fully saturated rings. The van der Waals surface area contributed by atoms with Crippen LogP contribution in [0.1, 0.15) is 22.4 Å². The highest BCUT2D eigenvalue weighted by Gasteiger charge is 2.07. The molecule has 0 saturated carbocycles. The van der Waals surface area contributed by atoms with Gasteiger partial charge in [0, 0.05) is 11.9 Å². The van der Waals surface area contributed by atoms with E-state index in [9.17, 15) is 4.79 Å². The summed E-state index contributed by atoms with van der Waals surface area (Å²) in [7, 11) is 0. The second kappa shape index (κ2) is 6.48. The van der Waals surface area contributed by atoms with Gasteiger partial charge in [0.15, 0.2) is 0 Å². The van der Waals surface area contributed by atoms with E-state index in [1.54, 1.807) is 6.20 Å². The molecule has 2 N–H and O–H groups in total. The molecule has 20 heavy (non-hydrogen) atoms. The fraction of sp³-hybridized carbons (Fsp3) is 0.267. The zero-order chi connectivity index (χ0) is 14.5. The van der Waals surface area contributed by atoms with Crippen LogP contribution < -0.4 is 5.73 Å². The second-order valence-electron chi connectivity index (χ2n) is 4.68. The van der Waals surface area contributed by atoms with E-state index in [0.717, 1.165) is 35.2 Å². The molecular formula is C15H16ClN3O. The molecule has 2 aromatic rings. The van der Waals surface area contributed by atoms with Gasteiger partial charge in [-0.25, -0.2) is 9.97 Å². The minimum absolute atomic E-state index is 0.260. The minimum Gasteiger partial charge on any atom is -0.369 e. The van der Waals surface area contributed by atoms with Crippen LogP contribution in [0.25, 0.3) is 0 Å². The number of hydrogen-bond donors (Lipinski definition) is 1. The van der Waals surface area contributed by atoms with Crippen LogP contribution in [0.2, 0.25) is 5.28 Å². The Kier molecular flexibility index (Phi) is 4.69. The van der Waals surface area contributed by atoms with Crippen molar-refractivity contribution < 1.29 is 4.79 Å². The number of benzene rings is 1. The summed E-state index contributed by atoms with van der Waals surface area (Å²) in [6.07, 6.45) is 3.53. The molecule has 1 heterocycles. The van der Waals surface area contributed by atoms with Gasteiger partial charge in [0.1, 0.15) is 0 Å². The molecule has 0 atom stereocenters. The van der Waals surface area contributed by atoms with Crippen LogP contribution in [0.15, 0.2) is 30.5 Å². The van der Waals surface area contributed by atoms with Gasteiger partial charge >= 0.3 is 0 Å². The monoisotopic (exact) mass is 289 g/mol. The van der Waals surface area contributed by atoms with Crippen molar-refractivity contribution >= 4 is 17.5 Å². The molecule has 1 aromatic carbocycles. The third kappa shape index (κ3) is 3.78. The molecule has 0 aliphatic rings. The Bertz CT molecular complexity index is 628. The van der Waals surface area contributed by atoms with Crippen molar-refractivity contribution in [3.05, 3.63) is 58.1 Å². The minimum atomic E-state index is -0.321. The Labute approximate surface area is 123 Å². The van der Waals surface area contributed by atoms with Gasteiger partial charge in [-0.1, -0.05) is 24.3 Å². The summed E-state index contributed by atoms with van der Waals surface area (Å²) in [5, 5.41) is 0.260. The van der Waals surface area contributed by atoms with E-state index in [1.807, 2.05) is 31.2 Å². The second-order valence-corrected chi connectivity index (χ2v) is 5.02. The smallest absolute Gasteiger partial charge is 0.222 e. The molecular weight excluding hydrogens is 274 g/mol. The molecule has 0 radical (unpaired) electrons. The number of halogens is 1. The first-order valence-electron chi connectivity index (χ1n) is 6.39. The molecule has 1 aromatic heterocycles. The van der Waals surface area contributed by atoms with Crippen LogP contribution >= 0.6 is 11.6 Å². The lowest BCUT2D eigenvalue weighted by Crippen LogP contribution is -2.15. The van der Waals surface area contributed by atoms with E-state index in [-0.39, 0.29) is 17.6 Å². The average molecular weight is 290 g/mol. The van der Waals surface area contributed by atoms with Crippen molar-refractivity contribution in [2.45, 2.75) is 26.2 Å². The summed E-state index contributed by atoms with van der Waals surface area (Å²) in [5.41, 5.74) is 9.29. The number of hydrogen-bond acceptors (Lipinski definition) is 3. The molecule has 5 heteroatoms. The predicted molar refractivity (Wildman–Crippen MR) is 78.5 cm³/mol. The predicted octanol–water partition coefficient (Wildman–Crippen LogP) is 2.25. The summed E-state index contributed by atoms with van der Waals surface area (Å²) in [5.74, 6) is -0.321. The number of primary amides is 1. The highest BCUT2D eigenvalue weighted by atomic mass is 35.5. The van der Waals surface area contributed by atoms with Gasteiger partial charge in [0.2, 0.25) is 11.2 Å². The normalized spacial score (nSPS) is 10.5. The number of amides is 1. The molecule has 0 spiro atoms. The van der Waals surface area contributed by atoms with Crippen molar-refractivity contribution in [2.24, 2.45) is 5.73 Å². The van der Waals surface area contributed by atoms with Crippen LogP contribution in [0, 0.1) is 6.92 Å². The van der Waals surface area contributed by atoms with Crippen molar-refractivity contribution in [1.82, 2.24) is 9.97 Å². The SMILES string of the molecule is Cc1cnc(Cl)nc1CCc1ccccc1CC(N)=O. The van der Waals surface area contributed by atoms with E-state index in [4.69, 9.17) is 17.3 Å². The molecule has 0 bridgehead atoms. The fourth-order valence-corrected chi connectivity index (χ4v) is 2.27. The maximum Gasteiger partial charge on any atom is 0.222 e. The number of carbonyl (C=O) groups excluding carboxylic acids is 1. The standard InChI is InChI=1S/C15H16ClN3O/c1-10-9-18-15(16)19-13(10)7-6-11-4-2-3-5-12(11)8-14(17)20/h2-5,9H,6-8H2,1H3,(H2,17,20). The summed E-state index contributed by atoms with van der Waals surface area (Å²) < 4.78 is 0. The zero-order valence-corrected chi connectivity index (χ0v) is 12.0. The number of nitrogens with two attached hydrogens (primary N) is 1. The van der Waals surface area contributed by atoms with Crippen LogP contribution in [0.4, 0.5) is 0 Å². The largest absolute Gasteiger partial charge is 0.369 e. The van der Waals surface area contributed by atoms with Gasteiger partial charge in [-0.15, -0.1) is 0 Å². The van der Waals surface area contributed by atoms with Crippen LogP contribution in [-0.4, -0.2) is 15.9 Å². The van der Waals surface area contributed by atoms with Gasteiger partial charge in [-0.3, -0.25) is 4.79 Å².